The highest BCUT2D eigenvalue weighted by Gasteiger charge is 2.09. The van der Waals surface area contributed by atoms with Crippen molar-refractivity contribution in [1.82, 2.24) is 0 Å². The minimum Gasteiger partial charge on any atom is -0.507 e. The number of phenolic OH excluding ortho intramolecular Hbond substituents is 1. The van der Waals surface area contributed by atoms with Crippen LogP contribution in [0, 0.1) is 6.92 Å². The lowest BCUT2D eigenvalue weighted by Crippen LogP contribution is -1.93. The van der Waals surface area contributed by atoms with Gasteiger partial charge in [-0.2, -0.15) is 0 Å². The van der Waals surface area contributed by atoms with Gasteiger partial charge in [0.05, 0.1) is 12.7 Å². The van der Waals surface area contributed by atoms with Crippen LogP contribution < -0.4 is 4.74 Å². The molecule has 0 aliphatic carbocycles. The molecule has 0 unspecified atom stereocenters. The van der Waals surface area contributed by atoms with E-state index in [0.717, 1.165) is 5.56 Å². The molecule has 1 rings (SSSR count). The normalized spacial score (nSPS) is 9.50. The van der Waals surface area contributed by atoms with Crippen molar-refractivity contribution < 1.29 is 14.6 Å². The summed E-state index contributed by atoms with van der Waals surface area (Å²) in [6.07, 6.45) is 0.584. The number of rotatable bonds is 2. The van der Waals surface area contributed by atoms with Crippen molar-refractivity contribution in [3.63, 3.8) is 0 Å². The van der Waals surface area contributed by atoms with Crippen LogP contribution in [0.15, 0.2) is 12.1 Å². The molecule has 64 valence electrons. The highest BCUT2D eigenvalue weighted by atomic mass is 16.5. The first kappa shape index (κ1) is 8.59. The van der Waals surface area contributed by atoms with Crippen molar-refractivity contribution in [3.05, 3.63) is 23.3 Å². The Labute approximate surface area is 70.6 Å². The fourth-order valence-corrected chi connectivity index (χ4v) is 1.08. The Balaban J connectivity index is 3.38. The van der Waals surface area contributed by atoms with Crippen molar-refractivity contribution in [2.75, 3.05) is 7.11 Å². The maximum absolute atomic E-state index is 10.5. The first-order chi connectivity index (χ1) is 5.70. The molecule has 1 aromatic carbocycles. The van der Waals surface area contributed by atoms with Crippen LogP contribution in [0.2, 0.25) is 0 Å². The van der Waals surface area contributed by atoms with Crippen molar-refractivity contribution in [2.45, 2.75) is 6.92 Å². The maximum atomic E-state index is 10.5. The monoisotopic (exact) mass is 166 g/mol. The van der Waals surface area contributed by atoms with Gasteiger partial charge in [-0.1, -0.05) is 6.07 Å². The summed E-state index contributed by atoms with van der Waals surface area (Å²) in [5.41, 5.74) is 1.04. The van der Waals surface area contributed by atoms with Crippen molar-refractivity contribution in [3.8, 4) is 11.5 Å². The standard InChI is InChI=1S/C9H10O3/c1-6-3-4-8(11)7(5-10)9(6)12-2/h3-5,11H,1-2H3. The van der Waals surface area contributed by atoms with Crippen LogP contribution in [-0.2, 0) is 0 Å². The zero-order chi connectivity index (χ0) is 9.14. The molecular weight excluding hydrogens is 156 g/mol. The molecule has 0 aliphatic rings. The Kier molecular flexibility index (Phi) is 2.33. The Hall–Kier alpha value is -1.51. The average Bonchev–Trinajstić information content (AvgIpc) is 2.08. The van der Waals surface area contributed by atoms with Gasteiger partial charge in [-0.25, -0.2) is 0 Å². The number of ether oxygens (including phenoxy) is 1. The first-order valence-corrected chi connectivity index (χ1v) is 3.52. The number of hydrogen-bond donors (Lipinski definition) is 1. The number of aldehydes is 1. The fourth-order valence-electron chi connectivity index (χ4n) is 1.08. The van der Waals surface area contributed by atoms with E-state index in [1.54, 1.807) is 6.07 Å². The molecule has 1 aromatic rings. The molecular formula is C9H10O3. The molecule has 0 saturated heterocycles. The second-order valence-corrected chi connectivity index (χ2v) is 2.47. The molecule has 1 N–H and O–H groups in total. The van der Waals surface area contributed by atoms with E-state index in [4.69, 9.17) is 4.74 Å². The van der Waals surface area contributed by atoms with Gasteiger partial charge in [0.25, 0.3) is 0 Å². The van der Waals surface area contributed by atoms with Crippen molar-refractivity contribution >= 4 is 6.29 Å². The summed E-state index contributed by atoms with van der Waals surface area (Å²) < 4.78 is 4.96. The molecule has 0 atom stereocenters. The highest BCUT2D eigenvalue weighted by molar-refractivity contribution is 5.84. The van der Waals surface area contributed by atoms with Gasteiger partial charge in [0.15, 0.2) is 6.29 Å². The third-order valence-electron chi connectivity index (χ3n) is 1.69. The molecule has 0 radical (unpaired) electrons. The molecule has 0 saturated carbocycles. The van der Waals surface area contributed by atoms with Gasteiger partial charge in [0, 0.05) is 0 Å². The average molecular weight is 166 g/mol. The number of phenols is 1. The Bertz CT molecular complexity index is 305. The predicted molar refractivity (Wildman–Crippen MR) is 44.8 cm³/mol. The van der Waals surface area contributed by atoms with Crippen LogP contribution in [0.4, 0.5) is 0 Å². The Morgan fingerprint density at radius 3 is 2.58 bits per heavy atom. The first-order valence-electron chi connectivity index (χ1n) is 3.52. The fraction of sp³-hybridized carbons (Fsp3) is 0.222. The van der Waals surface area contributed by atoms with E-state index in [2.05, 4.69) is 0 Å². The third kappa shape index (κ3) is 1.25. The number of carbonyl (C=O) groups excluding carboxylic acids is 1. The Morgan fingerprint density at radius 2 is 2.17 bits per heavy atom. The van der Waals surface area contributed by atoms with E-state index in [1.807, 2.05) is 6.92 Å². The molecule has 12 heavy (non-hydrogen) atoms. The third-order valence-corrected chi connectivity index (χ3v) is 1.69. The van der Waals surface area contributed by atoms with Gasteiger partial charge >= 0.3 is 0 Å². The van der Waals surface area contributed by atoms with E-state index >= 15 is 0 Å². The quantitative estimate of drug-likeness (QED) is 0.677. The number of aromatic hydroxyl groups is 1. The summed E-state index contributed by atoms with van der Waals surface area (Å²) >= 11 is 0. The summed E-state index contributed by atoms with van der Waals surface area (Å²) in [5.74, 6) is 0.387. The van der Waals surface area contributed by atoms with E-state index < -0.39 is 0 Å². The second kappa shape index (κ2) is 3.26. The van der Waals surface area contributed by atoms with Crippen LogP contribution in [0.5, 0.6) is 11.5 Å². The molecule has 0 fully saturated rings. The van der Waals surface area contributed by atoms with Gasteiger partial charge in [-0.05, 0) is 18.6 Å². The minimum absolute atomic E-state index is 0.0487. The Morgan fingerprint density at radius 1 is 1.50 bits per heavy atom. The van der Waals surface area contributed by atoms with Gasteiger partial charge in [-0.3, -0.25) is 4.79 Å². The maximum Gasteiger partial charge on any atom is 0.157 e. The van der Waals surface area contributed by atoms with E-state index in [9.17, 15) is 9.90 Å². The molecule has 0 spiro atoms. The minimum atomic E-state index is -0.0487. The predicted octanol–water partition coefficient (Wildman–Crippen LogP) is 1.52. The topological polar surface area (TPSA) is 46.5 Å². The van der Waals surface area contributed by atoms with Crippen LogP contribution >= 0.6 is 0 Å². The van der Waals surface area contributed by atoms with Crippen LogP contribution in [0.1, 0.15) is 15.9 Å². The largest absolute Gasteiger partial charge is 0.507 e. The van der Waals surface area contributed by atoms with E-state index in [-0.39, 0.29) is 11.3 Å². The van der Waals surface area contributed by atoms with E-state index in [1.165, 1.54) is 13.2 Å². The van der Waals surface area contributed by atoms with Crippen molar-refractivity contribution in [1.29, 1.82) is 0 Å². The summed E-state index contributed by atoms with van der Waals surface area (Å²) in [6.45, 7) is 1.81. The summed E-state index contributed by atoms with van der Waals surface area (Å²) in [5, 5.41) is 9.24. The van der Waals surface area contributed by atoms with Crippen LogP contribution in [-0.4, -0.2) is 18.5 Å². The molecule has 0 aromatic heterocycles. The number of hydrogen-bond acceptors (Lipinski definition) is 3. The van der Waals surface area contributed by atoms with Gasteiger partial charge in [0.1, 0.15) is 11.5 Å². The summed E-state index contributed by atoms with van der Waals surface area (Å²) in [4.78, 5) is 10.5. The van der Waals surface area contributed by atoms with Gasteiger partial charge in [0.2, 0.25) is 0 Å². The number of benzene rings is 1. The van der Waals surface area contributed by atoms with Crippen molar-refractivity contribution in [2.24, 2.45) is 0 Å². The van der Waals surface area contributed by atoms with E-state index in [0.29, 0.717) is 12.0 Å². The lowest BCUT2D eigenvalue weighted by atomic mass is 10.1. The molecule has 3 nitrogen and oxygen atoms in total. The lowest BCUT2D eigenvalue weighted by molar-refractivity contribution is 0.111. The molecule has 0 heterocycles. The number of aryl methyl sites for hydroxylation is 1. The number of carbonyl (C=O) groups is 1. The summed E-state index contributed by atoms with van der Waals surface area (Å²) in [7, 11) is 1.47. The SMILES string of the molecule is COc1c(C)ccc(O)c1C=O. The van der Waals surface area contributed by atoms with Gasteiger partial charge in [-0.15, -0.1) is 0 Å². The van der Waals surface area contributed by atoms with Gasteiger partial charge < -0.3 is 9.84 Å². The summed E-state index contributed by atoms with van der Waals surface area (Å²) in [6, 6.07) is 3.17. The smallest absolute Gasteiger partial charge is 0.157 e. The molecule has 0 amide bonds. The zero-order valence-corrected chi connectivity index (χ0v) is 7.00. The lowest BCUT2D eigenvalue weighted by Gasteiger charge is -2.07. The second-order valence-electron chi connectivity index (χ2n) is 2.47. The van der Waals surface area contributed by atoms with Crippen LogP contribution in [0.3, 0.4) is 0 Å². The van der Waals surface area contributed by atoms with Crippen LogP contribution in [0.25, 0.3) is 0 Å². The highest BCUT2D eigenvalue weighted by Crippen LogP contribution is 2.28. The number of methoxy groups -OCH3 is 1. The zero-order valence-electron chi connectivity index (χ0n) is 7.00. The molecule has 0 bridgehead atoms. The molecule has 3 heteroatoms. The molecule has 0 aliphatic heterocycles.